The highest BCUT2D eigenvalue weighted by molar-refractivity contribution is 5.91. The lowest BCUT2D eigenvalue weighted by Crippen LogP contribution is -2.30. The maximum atomic E-state index is 2.49. The van der Waals surface area contributed by atoms with Crippen molar-refractivity contribution in [2.24, 2.45) is 0 Å². The van der Waals surface area contributed by atoms with Crippen LogP contribution in [0.4, 0.5) is 17.1 Å². The second-order valence-electron chi connectivity index (χ2n) is 30.9. The van der Waals surface area contributed by atoms with Gasteiger partial charge < -0.3 is 14.7 Å². The first kappa shape index (κ1) is 117. The maximum absolute atomic E-state index is 2.49. The van der Waals surface area contributed by atoms with E-state index in [2.05, 4.69) is 373 Å². The minimum absolute atomic E-state index is 0. The predicted octanol–water partition coefficient (Wildman–Crippen LogP) is 38.3. The van der Waals surface area contributed by atoms with Crippen LogP contribution in [0.3, 0.4) is 0 Å². The molecule has 3 aliphatic heterocycles. The van der Waals surface area contributed by atoms with E-state index >= 15 is 0 Å². The predicted molar refractivity (Wildman–Crippen MR) is 591 cm³/mol. The number of rotatable bonds is 12. The third-order valence-corrected chi connectivity index (χ3v) is 24.9. The van der Waals surface area contributed by atoms with Gasteiger partial charge in [-0.05, 0) is 274 Å². The molecule has 129 heavy (non-hydrogen) atoms. The molecule has 6 aliphatic rings. The van der Waals surface area contributed by atoms with Crippen molar-refractivity contribution >= 4 is 17.1 Å². The number of hydrogen-bond donors (Lipinski definition) is 0. The lowest BCUT2D eigenvalue weighted by molar-refractivity contribution is 0.603. The van der Waals surface area contributed by atoms with Crippen molar-refractivity contribution in [2.75, 3.05) is 34.3 Å². The van der Waals surface area contributed by atoms with E-state index in [1.54, 1.807) is 0 Å². The van der Waals surface area contributed by atoms with E-state index in [0.29, 0.717) is 35.9 Å². The van der Waals surface area contributed by atoms with Crippen molar-refractivity contribution in [2.45, 2.75) is 344 Å². The van der Waals surface area contributed by atoms with Gasteiger partial charge in [0, 0.05) is 72.6 Å². The van der Waals surface area contributed by atoms with Crippen LogP contribution in [0.25, 0.3) is 66.8 Å². The van der Waals surface area contributed by atoms with Gasteiger partial charge >= 0.3 is 0 Å². The third kappa shape index (κ3) is 29.0. The summed E-state index contributed by atoms with van der Waals surface area (Å²) in [5.41, 5.74) is 42.8. The summed E-state index contributed by atoms with van der Waals surface area (Å²) in [4.78, 5) is 7.46. The van der Waals surface area contributed by atoms with Crippen LogP contribution in [-0.2, 0) is 57.8 Å². The Morgan fingerprint density at radius 1 is 0.209 bits per heavy atom. The first-order chi connectivity index (χ1) is 61.6. The summed E-state index contributed by atoms with van der Waals surface area (Å²) in [7, 11) is 0. The summed E-state index contributed by atoms with van der Waals surface area (Å²) in [6.45, 7) is 73.3. The van der Waals surface area contributed by atoms with E-state index in [1.165, 1.54) is 167 Å². The summed E-state index contributed by atoms with van der Waals surface area (Å²) in [5, 5.41) is 0. The van der Waals surface area contributed by atoms with E-state index in [1.807, 2.05) is 125 Å². The molecule has 0 spiro atoms. The second kappa shape index (κ2) is 62.3. The standard InChI is InChI=1S/3C23H22.3C12H17N.9C2H6.3CH4/c1-3-16-12-17(4-2)14-20(13-16)22-11-7-9-19-15-18-8-5-6-10-21(18)23(19)22;1-3-16-11-17(4-2)13-21(12-16)18-9-10-20-14-19-7-5-6-8-22(19)23(20)15-18;1-3-16-11-17(4-2)13-20(12-16)18-9-10-23-21(14-18)15-19-7-5-6-8-22(19)23;3*1-4-13-10(3)9(2)11-7-5-6-8-12(11)13;9*1-2;;;/h5-14H,3-4,15H2,1-2H3;5-13,15H,3-4,14H2,1-2H3;5-14H,3-4,15H2,1-2H3;3*5-10H,4H2,1-3H3;9*1-2H3;3*1H4/t;;;3*9-,10+;;;;;;;;;;;;/m...000............/s1. The van der Waals surface area contributed by atoms with Crippen molar-refractivity contribution in [3.8, 4) is 66.8 Å². The van der Waals surface area contributed by atoms with Crippen molar-refractivity contribution in [3.63, 3.8) is 0 Å². The summed E-state index contributed by atoms with van der Waals surface area (Å²) in [5.74, 6) is 2.03. The fourth-order valence-corrected chi connectivity index (χ4v) is 18.1. The third-order valence-electron chi connectivity index (χ3n) is 24.9. The number of nitrogens with zero attached hydrogens (tertiary/aromatic N) is 3. The highest BCUT2D eigenvalue weighted by Crippen LogP contribution is 2.47. The van der Waals surface area contributed by atoms with Gasteiger partial charge in [0.05, 0.1) is 0 Å². The van der Waals surface area contributed by atoms with Crippen LogP contribution in [0.1, 0.15) is 352 Å². The zero-order chi connectivity index (χ0) is 93.7. The molecular formula is C126H183N3. The molecule has 0 aromatic heterocycles. The minimum atomic E-state index is 0. The molecule has 12 aromatic carbocycles. The van der Waals surface area contributed by atoms with E-state index in [4.69, 9.17) is 0 Å². The maximum Gasteiger partial charge on any atom is 0.0404 e. The van der Waals surface area contributed by atoms with E-state index in [0.717, 1.165) is 77.4 Å². The van der Waals surface area contributed by atoms with Gasteiger partial charge in [0.1, 0.15) is 0 Å². The van der Waals surface area contributed by atoms with Gasteiger partial charge in [-0.1, -0.05) is 440 Å². The normalized spacial score (nSPS) is 14.8. The molecule has 0 fully saturated rings. The van der Waals surface area contributed by atoms with Crippen LogP contribution in [0.5, 0.6) is 0 Å². The van der Waals surface area contributed by atoms with Crippen molar-refractivity contribution in [3.05, 3.63) is 338 Å². The summed E-state index contributed by atoms with van der Waals surface area (Å²) >= 11 is 0. The average Bonchev–Trinajstić information content (AvgIpc) is 1.62. The zero-order valence-corrected chi connectivity index (χ0v) is 85.5. The molecule has 18 rings (SSSR count). The number of anilines is 3. The molecule has 0 amide bonds. The van der Waals surface area contributed by atoms with E-state index in [9.17, 15) is 0 Å². The molecule has 0 unspecified atom stereocenters. The Hall–Kier alpha value is -9.96. The van der Waals surface area contributed by atoms with Crippen LogP contribution in [0, 0.1) is 0 Å². The van der Waals surface area contributed by atoms with Crippen LogP contribution >= 0.6 is 0 Å². The molecule has 702 valence electrons. The van der Waals surface area contributed by atoms with Crippen LogP contribution in [-0.4, -0.2) is 37.8 Å². The molecule has 3 nitrogen and oxygen atoms in total. The Morgan fingerprint density at radius 3 is 0.822 bits per heavy atom. The van der Waals surface area contributed by atoms with Crippen LogP contribution < -0.4 is 14.7 Å². The number of para-hydroxylation sites is 3. The van der Waals surface area contributed by atoms with Crippen molar-refractivity contribution < 1.29 is 0 Å². The number of likely N-dealkylation sites (N-methyl/N-ethyl adjacent to an activating group) is 3. The highest BCUT2D eigenvalue weighted by Gasteiger charge is 2.34. The molecule has 3 heterocycles. The van der Waals surface area contributed by atoms with Gasteiger partial charge in [0.15, 0.2) is 0 Å². The summed E-state index contributed by atoms with van der Waals surface area (Å²) < 4.78 is 0. The molecule has 12 aromatic rings. The van der Waals surface area contributed by atoms with Crippen molar-refractivity contribution in [1.82, 2.24) is 0 Å². The average molecular weight is 1740 g/mol. The van der Waals surface area contributed by atoms with E-state index in [-0.39, 0.29) is 22.3 Å². The first-order valence-electron chi connectivity index (χ1n) is 50.2. The van der Waals surface area contributed by atoms with Gasteiger partial charge in [-0.15, -0.1) is 0 Å². The summed E-state index contributed by atoms with van der Waals surface area (Å²) in [6.07, 6.45) is 9.75. The lowest BCUT2D eigenvalue weighted by Gasteiger charge is -2.24. The number of fused-ring (bicyclic) bond motifs is 12. The second-order valence-corrected chi connectivity index (χ2v) is 30.9. The molecule has 3 aliphatic carbocycles. The molecule has 0 saturated carbocycles. The molecule has 3 heteroatoms. The quantitative estimate of drug-likeness (QED) is 0.121. The van der Waals surface area contributed by atoms with Crippen LogP contribution in [0.2, 0.25) is 0 Å². The Bertz CT molecular complexity index is 4890. The molecular weight excluding hydrogens is 1560 g/mol. The molecule has 0 radical (unpaired) electrons. The highest BCUT2D eigenvalue weighted by atomic mass is 15.2. The van der Waals surface area contributed by atoms with Gasteiger partial charge in [0.2, 0.25) is 0 Å². The van der Waals surface area contributed by atoms with Crippen LogP contribution in [0.15, 0.2) is 255 Å². The minimum Gasteiger partial charge on any atom is -0.368 e. The monoisotopic (exact) mass is 1740 g/mol. The smallest absolute Gasteiger partial charge is 0.0404 e. The first-order valence-corrected chi connectivity index (χ1v) is 50.2. The molecule has 6 atom stereocenters. The number of hydrogen-bond acceptors (Lipinski definition) is 3. The van der Waals surface area contributed by atoms with Gasteiger partial charge in [-0.25, -0.2) is 0 Å². The molecule has 0 N–H and O–H groups in total. The van der Waals surface area contributed by atoms with Gasteiger partial charge in [-0.3, -0.25) is 0 Å². The van der Waals surface area contributed by atoms with E-state index < -0.39 is 0 Å². The largest absolute Gasteiger partial charge is 0.368 e. The zero-order valence-electron chi connectivity index (χ0n) is 85.5. The fourth-order valence-electron chi connectivity index (χ4n) is 18.1. The Labute approximate surface area is 795 Å². The van der Waals surface area contributed by atoms with Crippen molar-refractivity contribution in [1.29, 1.82) is 0 Å². The van der Waals surface area contributed by atoms with Gasteiger partial charge in [-0.2, -0.15) is 0 Å². The number of benzene rings is 12. The SMILES string of the molecule is C.C.C.CC.CC.CC.CC.CC.CC.CC.CC.CC.CCN1c2ccccc2[C@@H](C)[C@H]1C.CCN1c2ccccc2[C@@H](C)[C@H]1C.CCN1c2ccccc2[C@@H](C)[C@H]1C.CCc1cc(CC)cc(-c2ccc3c(c2)-c2ccccc2C3)c1.CCc1cc(CC)cc(-c2ccc3c(c2)Cc2ccccc2-3)c1.CCc1cc(CC)cc(-c2cccc3c2-c2ccccc2C3)c1. The fraction of sp³-hybridized carbons (Fsp3) is 0.429. The molecule has 0 saturated heterocycles. The van der Waals surface area contributed by atoms with Gasteiger partial charge in [0.25, 0.3) is 0 Å². The lowest BCUT2D eigenvalue weighted by atomic mass is 9.91. The Balaban J connectivity index is 0.000000754. The molecule has 0 bridgehead atoms. The number of aryl methyl sites for hydroxylation is 6. The Kier molecular flexibility index (Phi) is 56.6. The Morgan fingerprint density at radius 2 is 0.465 bits per heavy atom. The summed E-state index contributed by atoms with van der Waals surface area (Å²) in [6, 6.07) is 96.6. The topological polar surface area (TPSA) is 9.72 Å².